The van der Waals surface area contributed by atoms with Crippen molar-refractivity contribution >= 4 is 0 Å². The lowest BCUT2D eigenvalue weighted by Gasteiger charge is -2.33. The van der Waals surface area contributed by atoms with Gasteiger partial charge in [0.25, 0.3) is 0 Å². The van der Waals surface area contributed by atoms with Crippen LogP contribution in [0.1, 0.15) is 40.5 Å². The molecule has 0 saturated carbocycles. The Morgan fingerprint density at radius 2 is 2.20 bits per heavy atom. The molecule has 1 aliphatic carbocycles. The van der Waals surface area contributed by atoms with Gasteiger partial charge in [0.2, 0.25) is 0 Å². The largest absolute Gasteiger partial charge is 0.394 e. The van der Waals surface area contributed by atoms with Gasteiger partial charge in [-0.3, -0.25) is 0 Å². The minimum atomic E-state index is -0.155. The highest BCUT2D eigenvalue weighted by atomic mass is 16.3. The molecule has 88 valence electrons. The Morgan fingerprint density at radius 3 is 2.73 bits per heavy atom. The van der Waals surface area contributed by atoms with Crippen LogP contribution in [-0.4, -0.2) is 23.8 Å². The van der Waals surface area contributed by atoms with Gasteiger partial charge in [0, 0.05) is 12.1 Å². The minimum absolute atomic E-state index is 0.155. The molecule has 0 bridgehead atoms. The number of aliphatic hydroxyl groups excluding tert-OH is 1. The number of aliphatic hydroxyl groups is 1. The lowest BCUT2D eigenvalue weighted by Crippen LogP contribution is -2.46. The van der Waals surface area contributed by atoms with Crippen molar-refractivity contribution in [1.29, 1.82) is 0 Å². The van der Waals surface area contributed by atoms with Gasteiger partial charge in [-0.05, 0) is 45.4 Å². The summed E-state index contributed by atoms with van der Waals surface area (Å²) < 4.78 is 0. The molecule has 2 N–H and O–H groups in total. The van der Waals surface area contributed by atoms with E-state index in [1.165, 1.54) is 18.4 Å². The summed E-state index contributed by atoms with van der Waals surface area (Å²) in [5.74, 6) is 1.40. The Hall–Kier alpha value is -0.340. The third-order valence-corrected chi connectivity index (χ3v) is 3.56. The lowest BCUT2D eigenvalue weighted by atomic mass is 9.80. The molecule has 1 aliphatic rings. The third kappa shape index (κ3) is 3.62. The van der Waals surface area contributed by atoms with Gasteiger partial charge in [-0.2, -0.15) is 0 Å². The van der Waals surface area contributed by atoms with Crippen LogP contribution in [0.5, 0.6) is 0 Å². The molecule has 2 heteroatoms. The molecule has 15 heavy (non-hydrogen) atoms. The molecule has 0 fully saturated rings. The molecule has 0 aromatic carbocycles. The van der Waals surface area contributed by atoms with Gasteiger partial charge in [-0.15, -0.1) is 0 Å². The van der Waals surface area contributed by atoms with E-state index in [2.05, 4.69) is 25.2 Å². The monoisotopic (exact) mass is 211 g/mol. The second kappa shape index (κ2) is 5.13. The van der Waals surface area contributed by atoms with Crippen molar-refractivity contribution in [3.05, 3.63) is 11.6 Å². The minimum Gasteiger partial charge on any atom is -0.394 e. The zero-order valence-corrected chi connectivity index (χ0v) is 10.5. The number of hydrogen-bond acceptors (Lipinski definition) is 2. The summed E-state index contributed by atoms with van der Waals surface area (Å²) in [4.78, 5) is 0. The van der Waals surface area contributed by atoms with Gasteiger partial charge >= 0.3 is 0 Å². The quantitative estimate of drug-likeness (QED) is 0.700. The molecule has 0 heterocycles. The second-order valence-electron chi connectivity index (χ2n) is 5.53. The fourth-order valence-electron chi connectivity index (χ4n) is 2.18. The Labute approximate surface area is 93.8 Å². The first-order valence-electron chi connectivity index (χ1n) is 5.99. The standard InChI is InChI=1S/C13H25NO/c1-10-6-5-7-11(2)12(10)8-14-13(3,4)9-15/h6,11-12,14-15H,5,7-9H2,1-4H3/t11-,12-/m0/s1. The van der Waals surface area contributed by atoms with E-state index < -0.39 is 0 Å². The van der Waals surface area contributed by atoms with Crippen molar-refractivity contribution in [2.24, 2.45) is 11.8 Å². The molecule has 0 saturated heterocycles. The van der Waals surface area contributed by atoms with Crippen LogP contribution in [0.2, 0.25) is 0 Å². The van der Waals surface area contributed by atoms with E-state index in [9.17, 15) is 5.11 Å². The summed E-state index contributed by atoms with van der Waals surface area (Å²) in [5.41, 5.74) is 1.35. The first-order chi connectivity index (χ1) is 6.96. The first-order valence-corrected chi connectivity index (χ1v) is 5.99. The maximum absolute atomic E-state index is 9.18. The molecule has 0 radical (unpaired) electrons. The molecular weight excluding hydrogens is 186 g/mol. The van der Waals surface area contributed by atoms with E-state index in [-0.39, 0.29) is 12.1 Å². The molecule has 1 rings (SSSR count). The summed E-state index contributed by atoms with van der Waals surface area (Å²) in [6.45, 7) is 9.82. The third-order valence-electron chi connectivity index (χ3n) is 3.56. The van der Waals surface area contributed by atoms with Crippen molar-refractivity contribution in [1.82, 2.24) is 5.32 Å². The van der Waals surface area contributed by atoms with Crippen molar-refractivity contribution < 1.29 is 5.11 Å². The average Bonchev–Trinajstić information content (AvgIpc) is 2.17. The number of hydrogen-bond donors (Lipinski definition) is 2. The van der Waals surface area contributed by atoms with Crippen LogP contribution in [0.15, 0.2) is 11.6 Å². The molecule has 0 aliphatic heterocycles. The predicted molar refractivity (Wildman–Crippen MR) is 64.8 cm³/mol. The summed E-state index contributed by atoms with van der Waals surface area (Å²) in [6.07, 6.45) is 4.88. The van der Waals surface area contributed by atoms with Crippen molar-refractivity contribution in [3.8, 4) is 0 Å². The molecule has 2 atom stereocenters. The van der Waals surface area contributed by atoms with E-state index in [1.807, 2.05) is 13.8 Å². The fraction of sp³-hybridized carbons (Fsp3) is 0.846. The summed E-state index contributed by atoms with van der Waals surface area (Å²) >= 11 is 0. The number of nitrogens with one attached hydrogen (secondary N) is 1. The Balaban J connectivity index is 2.50. The van der Waals surface area contributed by atoms with Crippen LogP contribution >= 0.6 is 0 Å². The van der Waals surface area contributed by atoms with Crippen LogP contribution in [-0.2, 0) is 0 Å². The van der Waals surface area contributed by atoms with E-state index in [0.29, 0.717) is 5.92 Å². The van der Waals surface area contributed by atoms with Crippen LogP contribution in [0.3, 0.4) is 0 Å². The van der Waals surface area contributed by atoms with Gasteiger partial charge in [-0.1, -0.05) is 18.6 Å². The Bertz CT molecular complexity index is 233. The van der Waals surface area contributed by atoms with Gasteiger partial charge in [-0.25, -0.2) is 0 Å². The van der Waals surface area contributed by atoms with E-state index in [4.69, 9.17) is 0 Å². The van der Waals surface area contributed by atoms with Crippen LogP contribution in [0, 0.1) is 11.8 Å². The van der Waals surface area contributed by atoms with Crippen LogP contribution in [0.25, 0.3) is 0 Å². The van der Waals surface area contributed by atoms with Gasteiger partial charge in [0.05, 0.1) is 6.61 Å². The summed E-state index contributed by atoms with van der Waals surface area (Å²) in [7, 11) is 0. The molecule has 0 aromatic heterocycles. The summed E-state index contributed by atoms with van der Waals surface area (Å²) in [5, 5.41) is 12.6. The van der Waals surface area contributed by atoms with Crippen LogP contribution in [0.4, 0.5) is 0 Å². The smallest absolute Gasteiger partial charge is 0.0607 e. The maximum atomic E-state index is 9.18. The lowest BCUT2D eigenvalue weighted by molar-refractivity contribution is 0.178. The van der Waals surface area contributed by atoms with Gasteiger partial charge in [0.15, 0.2) is 0 Å². The highest BCUT2D eigenvalue weighted by Gasteiger charge is 2.24. The number of rotatable bonds is 4. The summed E-state index contributed by atoms with van der Waals surface area (Å²) in [6, 6.07) is 0. The molecule has 0 aromatic rings. The Kier molecular flexibility index (Phi) is 4.35. The zero-order valence-electron chi connectivity index (χ0n) is 10.5. The van der Waals surface area contributed by atoms with Crippen molar-refractivity contribution in [2.45, 2.75) is 46.1 Å². The van der Waals surface area contributed by atoms with Gasteiger partial charge < -0.3 is 10.4 Å². The van der Waals surface area contributed by atoms with Crippen molar-refractivity contribution in [2.75, 3.05) is 13.2 Å². The molecular formula is C13H25NO. The maximum Gasteiger partial charge on any atom is 0.0607 e. The highest BCUT2D eigenvalue weighted by Crippen LogP contribution is 2.29. The van der Waals surface area contributed by atoms with Crippen molar-refractivity contribution in [3.63, 3.8) is 0 Å². The molecule has 2 nitrogen and oxygen atoms in total. The zero-order chi connectivity index (χ0) is 11.5. The fourth-order valence-corrected chi connectivity index (χ4v) is 2.18. The molecule has 0 spiro atoms. The molecule has 0 amide bonds. The number of allylic oxidation sites excluding steroid dienone is 1. The highest BCUT2D eigenvalue weighted by molar-refractivity contribution is 5.09. The Morgan fingerprint density at radius 1 is 1.53 bits per heavy atom. The predicted octanol–water partition coefficient (Wildman–Crippen LogP) is 2.34. The molecule has 0 unspecified atom stereocenters. The van der Waals surface area contributed by atoms with Gasteiger partial charge in [0.1, 0.15) is 0 Å². The van der Waals surface area contributed by atoms with E-state index in [0.717, 1.165) is 12.5 Å². The van der Waals surface area contributed by atoms with E-state index >= 15 is 0 Å². The second-order valence-corrected chi connectivity index (χ2v) is 5.53. The first kappa shape index (κ1) is 12.7. The van der Waals surface area contributed by atoms with E-state index in [1.54, 1.807) is 0 Å². The topological polar surface area (TPSA) is 32.3 Å². The SMILES string of the molecule is CC1=CCC[C@H](C)[C@H]1CNC(C)(C)CO. The van der Waals surface area contributed by atoms with Crippen LogP contribution < -0.4 is 5.32 Å². The normalized spacial score (nSPS) is 27.7. The average molecular weight is 211 g/mol.